The van der Waals surface area contributed by atoms with Crippen molar-refractivity contribution in [3.8, 4) is 5.75 Å². The molecule has 134 valence electrons. The maximum absolute atomic E-state index is 9.20. The van der Waals surface area contributed by atoms with Crippen LogP contribution in [-0.2, 0) is 0 Å². The van der Waals surface area contributed by atoms with Crippen LogP contribution in [0.5, 0.6) is 5.75 Å². The van der Waals surface area contributed by atoms with Gasteiger partial charge < -0.3 is 5.11 Å². The number of phenols is 1. The van der Waals surface area contributed by atoms with Gasteiger partial charge in [0.1, 0.15) is 5.75 Å². The first-order valence-corrected chi connectivity index (χ1v) is 8.85. The molecule has 1 nitrogen and oxygen atoms in total. The van der Waals surface area contributed by atoms with E-state index in [0.29, 0.717) is 17.1 Å². The minimum atomic E-state index is 0.306. The van der Waals surface area contributed by atoms with E-state index in [4.69, 9.17) is 0 Å². The van der Waals surface area contributed by atoms with E-state index in [1.54, 1.807) is 12.1 Å². The van der Waals surface area contributed by atoms with Gasteiger partial charge in [-0.05, 0) is 40.5 Å². The lowest BCUT2D eigenvalue weighted by atomic mass is 10.0. The number of rotatable bonds is 1. The predicted octanol–water partition coefficient (Wildman–Crippen LogP) is 7.25. The second kappa shape index (κ2) is 10.9. The summed E-state index contributed by atoms with van der Waals surface area (Å²) in [5.41, 5.74) is 2.80. The maximum atomic E-state index is 9.20. The molecule has 0 heterocycles. The highest BCUT2D eigenvalue weighted by Gasteiger charge is 2.00. The van der Waals surface area contributed by atoms with Gasteiger partial charge in [0.25, 0.3) is 0 Å². The molecule has 24 heavy (non-hydrogen) atoms. The first-order valence-electron chi connectivity index (χ1n) is 8.85. The van der Waals surface area contributed by atoms with Crippen LogP contribution in [0.4, 0.5) is 0 Å². The van der Waals surface area contributed by atoms with E-state index in [9.17, 15) is 5.11 Å². The third kappa shape index (κ3) is 13.9. The molecule has 1 atom stereocenters. The highest BCUT2D eigenvalue weighted by atomic mass is 16.3. The van der Waals surface area contributed by atoms with Crippen LogP contribution in [0, 0.1) is 17.3 Å². The van der Waals surface area contributed by atoms with Gasteiger partial charge in [0.2, 0.25) is 0 Å². The fourth-order valence-corrected chi connectivity index (χ4v) is 1.56. The van der Waals surface area contributed by atoms with Gasteiger partial charge >= 0.3 is 0 Å². The van der Waals surface area contributed by atoms with Crippen LogP contribution in [0.3, 0.4) is 0 Å². The van der Waals surface area contributed by atoms with Crippen LogP contribution in [0.15, 0.2) is 54.6 Å². The highest BCUT2D eigenvalue weighted by Crippen LogP contribution is 2.21. The van der Waals surface area contributed by atoms with Crippen LogP contribution in [-0.4, -0.2) is 5.11 Å². The van der Waals surface area contributed by atoms with Crippen molar-refractivity contribution in [1.29, 1.82) is 0 Å². The Kier molecular flexibility index (Phi) is 10.1. The van der Waals surface area contributed by atoms with Crippen LogP contribution < -0.4 is 0 Å². The molecule has 0 spiro atoms. The summed E-state index contributed by atoms with van der Waals surface area (Å²) in [4.78, 5) is 0. The molecule has 2 rings (SSSR count). The van der Waals surface area contributed by atoms with Crippen LogP contribution in [0.1, 0.15) is 61.0 Å². The minimum Gasteiger partial charge on any atom is -0.508 e. The molecule has 1 N–H and O–H groups in total. The predicted molar refractivity (Wildman–Crippen MR) is 109 cm³/mol. The van der Waals surface area contributed by atoms with Crippen molar-refractivity contribution in [2.24, 2.45) is 17.3 Å². The van der Waals surface area contributed by atoms with Crippen molar-refractivity contribution in [2.45, 2.75) is 55.4 Å². The summed E-state index contributed by atoms with van der Waals surface area (Å²) in [6, 6.07) is 7.27. The molecule has 0 amide bonds. The standard InChI is InChI=1S/C14H14O.C5H12.C4H10/c1-11-3-2-4-12(6-5-11)13-7-9-14(15)10-8-13;1-5(2,3)4;1-4(2)3/h2-11,15H,1H3;1-4H3;4H,1-3H3. The maximum Gasteiger partial charge on any atom is 0.115 e. The van der Waals surface area contributed by atoms with E-state index in [1.807, 2.05) is 12.1 Å². The molecule has 1 aromatic carbocycles. The molecule has 0 aromatic heterocycles. The van der Waals surface area contributed by atoms with Gasteiger partial charge in [0, 0.05) is 0 Å². The molecule has 0 radical (unpaired) electrons. The molecule has 1 unspecified atom stereocenters. The summed E-state index contributed by atoms with van der Waals surface area (Å²) < 4.78 is 0. The van der Waals surface area contributed by atoms with E-state index in [1.165, 1.54) is 5.57 Å². The van der Waals surface area contributed by atoms with Crippen molar-refractivity contribution in [3.05, 3.63) is 60.2 Å². The molecule has 1 aromatic rings. The normalized spacial score (nSPS) is 16.4. The molecule has 0 bridgehead atoms. The third-order valence-electron chi connectivity index (χ3n) is 2.47. The van der Waals surface area contributed by atoms with Gasteiger partial charge in [-0.2, -0.15) is 0 Å². The van der Waals surface area contributed by atoms with Crippen molar-refractivity contribution >= 4 is 5.57 Å². The highest BCUT2D eigenvalue weighted by molar-refractivity contribution is 5.76. The fraction of sp³-hybridized carbons (Fsp3) is 0.478. The van der Waals surface area contributed by atoms with Gasteiger partial charge in [-0.15, -0.1) is 0 Å². The zero-order chi connectivity index (χ0) is 18.8. The zero-order valence-corrected chi connectivity index (χ0v) is 16.8. The summed E-state index contributed by atoms with van der Waals surface area (Å²) in [6.07, 6.45) is 10.6. The van der Waals surface area contributed by atoms with E-state index < -0.39 is 0 Å². The van der Waals surface area contributed by atoms with E-state index in [-0.39, 0.29) is 0 Å². The topological polar surface area (TPSA) is 20.2 Å². The first kappa shape index (κ1) is 22.2. The summed E-state index contributed by atoms with van der Waals surface area (Å²) in [7, 11) is 0. The Hall–Kier alpha value is -1.76. The summed E-state index contributed by atoms with van der Waals surface area (Å²) in [6.45, 7) is 17.4. The summed E-state index contributed by atoms with van der Waals surface area (Å²) in [5.74, 6) is 1.62. The average Bonchev–Trinajstić information content (AvgIpc) is 2.62. The Morgan fingerprint density at radius 2 is 1.38 bits per heavy atom. The Morgan fingerprint density at radius 1 is 0.917 bits per heavy atom. The average molecular weight is 329 g/mol. The number of phenolic OH excluding ortho intramolecular Hbond substituents is 1. The quantitative estimate of drug-likeness (QED) is 0.575. The number of allylic oxidation sites excluding steroid dienone is 6. The van der Waals surface area contributed by atoms with Gasteiger partial charge in [-0.25, -0.2) is 0 Å². The molecular formula is C23H36O. The Bertz CT molecular complexity index is 528. The second-order valence-corrected chi connectivity index (χ2v) is 8.50. The number of hydrogen-bond donors (Lipinski definition) is 1. The Balaban J connectivity index is 0.000000492. The van der Waals surface area contributed by atoms with Gasteiger partial charge in [0.15, 0.2) is 0 Å². The summed E-state index contributed by atoms with van der Waals surface area (Å²) in [5, 5.41) is 9.20. The molecule has 1 heteroatoms. The SMILES string of the molecule is CC(C)(C)C.CC(C)C.CC1C=CC=C(c2ccc(O)cc2)C=C1. The third-order valence-corrected chi connectivity index (χ3v) is 2.47. The smallest absolute Gasteiger partial charge is 0.115 e. The van der Waals surface area contributed by atoms with Crippen molar-refractivity contribution in [2.75, 3.05) is 0 Å². The fourth-order valence-electron chi connectivity index (χ4n) is 1.56. The first-order chi connectivity index (χ1) is 11.0. The van der Waals surface area contributed by atoms with Crippen molar-refractivity contribution < 1.29 is 5.11 Å². The molecule has 1 aliphatic carbocycles. The van der Waals surface area contributed by atoms with Crippen LogP contribution in [0.2, 0.25) is 0 Å². The molecule has 0 fully saturated rings. The lowest BCUT2D eigenvalue weighted by Gasteiger charge is -2.05. The largest absolute Gasteiger partial charge is 0.508 e. The van der Waals surface area contributed by atoms with Crippen molar-refractivity contribution in [3.63, 3.8) is 0 Å². The van der Waals surface area contributed by atoms with E-state index in [0.717, 1.165) is 11.5 Å². The molecule has 0 saturated carbocycles. The van der Waals surface area contributed by atoms with Crippen molar-refractivity contribution in [1.82, 2.24) is 0 Å². The lowest BCUT2D eigenvalue weighted by Crippen LogP contribution is -1.93. The number of benzene rings is 1. The van der Waals surface area contributed by atoms with Crippen LogP contribution >= 0.6 is 0 Å². The van der Waals surface area contributed by atoms with E-state index in [2.05, 4.69) is 85.8 Å². The Morgan fingerprint density at radius 3 is 1.83 bits per heavy atom. The minimum absolute atomic E-state index is 0.306. The van der Waals surface area contributed by atoms with E-state index >= 15 is 0 Å². The zero-order valence-electron chi connectivity index (χ0n) is 16.8. The van der Waals surface area contributed by atoms with Gasteiger partial charge in [0.05, 0.1) is 0 Å². The number of aromatic hydroxyl groups is 1. The molecule has 1 aliphatic rings. The summed E-state index contributed by atoms with van der Waals surface area (Å²) >= 11 is 0. The number of hydrogen-bond acceptors (Lipinski definition) is 1. The van der Waals surface area contributed by atoms with Gasteiger partial charge in [-0.3, -0.25) is 0 Å². The molecule has 0 saturated heterocycles. The van der Waals surface area contributed by atoms with Gasteiger partial charge in [-0.1, -0.05) is 97.9 Å². The molecule has 0 aliphatic heterocycles. The monoisotopic (exact) mass is 328 g/mol. The van der Waals surface area contributed by atoms with Crippen LogP contribution in [0.25, 0.3) is 5.57 Å². The second-order valence-electron chi connectivity index (χ2n) is 8.50. The lowest BCUT2D eigenvalue weighted by molar-refractivity contribution is 0.469. The molecular weight excluding hydrogens is 292 g/mol. The Labute approximate surface area is 149 Å².